The Morgan fingerprint density at radius 2 is 1.88 bits per heavy atom. The molecule has 1 aliphatic rings. The SMILES string of the molecule is CN(Cc1ccccc1N1CCCC1)C(=O)Nc1nc2ccccc2s1. The molecule has 0 saturated carbocycles. The molecular formula is C20H22N4OS. The lowest BCUT2D eigenvalue weighted by molar-refractivity contribution is 0.220. The molecule has 4 rings (SSSR count). The zero-order valence-electron chi connectivity index (χ0n) is 14.8. The highest BCUT2D eigenvalue weighted by Gasteiger charge is 2.18. The van der Waals surface area contributed by atoms with Crippen LogP contribution in [-0.4, -0.2) is 36.1 Å². The van der Waals surface area contributed by atoms with Gasteiger partial charge in [0.25, 0.3) is 0 Å². The molecule has 1 aromatic heterocycles. The van der Waals surface area contributed by atoms with E-state index < -0.39 is 0 Å². The van der Waals surface area contributed by atoms with Gasteiger partial charge >= 0.3 is 6.03 Å². The molecule has 0 bridgehead atoms. The van der Waals surface area contributed by atoms with Crippen LogP contribution < -0.4 is 10.2 Å². The number of rotatable bonds is 4. The molecule has 26 heavy (non-hydrogen) atoms. The first kappa shape index (κ1) is 16.8. The number of aromatic nitrogens is 1. The van der Waals surface area contributed by atoms with Gasteiger partial charge in [-0.3, -0.25) is 5.32 Å². The summed E-state index contributed by atoms with van der Waals surface area (Å²) in [4.78, 5) is 21.2. The normalized spacial score (nSPS) is 14.0. The van der Waals surface area contributed by atoms with Crippen molar-refractivity contribution in [1.82, 2.24) is 9.88 Å². The maximum atomic E-state index is 12.6. The van der Waals surface area contributed by atoms with Crippen molar-refractivity contribution in [2.24, 2.45) is 0 Å². The van der Waals surface area contributed by atoms with Crippen LogP contribution >= 0.6 is 11.3 Å². The number of fused-ring (bicyclic) bond motifs is 1. The number of para-hydroxylation sites is 2. The molecule has 5 nitrogen and oxygen atoms in total. The molecule has 1 fully saturated rings. The fourth-order valence-corrected chi connectivity index (χ4v) is 4.21. The number of benzene rings is 2. The molecule has 0 atom stereocenters. The Balaban J connectivity index is 1.46. The van der Waals surface area contributed by atoms with Gasteiger partial charge in [-0.25, -0.2) is 9.78 Å². The first-order valence-electron chi connectivity index (χ1n) is 8.91. The fraction of sp³-hybridized carbons (Fsp3) is 0.300. The van der Waals surface area contributed by atoms with E-state index in [4.69, 9.17) is 0 Å². The summed E-state index contributed by atoms with van der Waals surface area (Å²) in [7, 11) is 1.82. The summed E-state index contributed by atoms with van der Waals surface area (Å²) in [5.74, 6) is 0. The molecule has 0 unspecified atom stereocenters. The number of hydrogen-bond acceptors (Lipinski definition) is 4. The summed E-state index contributed by atoms with van der Waals surface area (Å²) < 4.78 is 1.07. The van der Waals surface area contributed by atoms with Gasteiger partial charge in [-0.15, -0.1) is 0 Å². The molecular weight excluding hydrogens is 344 g/mol. The van der Waals surface area contributed by atoms with Crippen LogP contribution in [0.15, 0.2) is 48.5 Å². The van der Waals surface area contributed by atoms with Gasteiger partial charge in [0.2, 0.25) is 0 Å². The van der Waals surface area contributed by atoms with E-state index in [0.29, 0.717) is 11.7 Å². The Bertz CT molecular complexity index is 884. The first-order valence-corrected chi connectivity index (χ1v) is 9.73. The summed E-state index contributed by atoms with van der Waals surface area (Å²) >= 11 is 1.49. The number of carbonyl (C=O) groups is 1. The predicted molar refractivity (Wildman–Crippen MR) is 108 cm³/mol. The lowest BCUT2D eigenvalue weighted by atomic mass is 10.1. The van der Waals surface area contributed by atoms with Gasteiger partial charge in [-0.1, -0.05) is 41.7 Å². The van der Waals surface area contributed by atoms with Crippen LogP contribution in [0.4, 0.5) is 15.6 Å². The van der Waals surface area contributed by atoms with Crippen molar-refractivity contribution in [3.8, 4) is 0 Å². The summed E-state index contributed by atoms with van der Waals surface area (Å²) in [5, 5.41) is 3.56. The smallest absolute Gasteiger partial charge is 0.323 e. The summed E-state index contributed by atoms with van der Waals surface area (Å²) in [6, 6.07) is 16.1. The largest absolute Gasteiger partial charge is 0.371 e. The second kappa shape index (κ2) is 7.33. The Morgan fingerprint density at radius 3 is 2.69 bits per heavy atom. The second-order valence-corrected chi connectivity index (χ2v) is 7.63. The summed E-state index contributed by atoms with van der Waals surface area (Å²) in [6.45, 7) is 2.76. The van der Waals surface area contributed by atoms with Gasteiger partial charge in [0.1, 0.15) is 0 Å². The van der Waals surface area contributed by atoms with Crippen molar-refractivity contribution < 1.29 is 4.79 Å². The lowest BCUT2D eigenvalue weighted by Gasteiger charge is -2.24. The molecule has 1 N–H and O–H groups in total. The minimum absolute atomic E-state index is 0.139. The highest BCUT2D eigenvalue weighted by atomic mass is 32.1. The Kier molecular flexibility index (Phi) is 4.75. The summed E-state index contributed by atoms with van der Waals surface area (Å²) in [5.41, 5.74) is 3.33. The fourth-order valence-electron chi connectivity index (χ4n) is 3.35. The number of carbonyl (C=O) groups excluding carboxylic acids is 1. The van der Waals surface area contributed by atoms with E-state index in [1.807, 2.05) is 37.4 Å². The number of thiazole rings is 1. The van der Waals surface area contributed by atoms with Crippen LogP contribution in [0.25, 0.3) is 10.2 Å². The van der Waals surface area contributed by atoms with Crippen LogP contribution in [-0.2, 0) is 6.54 Å². The quantitative estimate of drug-likeness (QED) is 0.736. The Morgan fingerprint density at radius 1 is 1.15 bits per heavy atom. The third-order valence-corrected chi connectivity index (χ3v) is 5.65. The molecule has 2 aromatic carbocycles. The molecule has 0 spiro atoms. The first-order chi connectivity index (χ1) is 12.7. The minimum atomic E-state index is -0.139. The third-order valence-electron chi connectivity index (χ3n) is 4.70. The van der Waals surface area contributed by atoms with Crippen molar-refractivity contribution in [3.05, 3.63) is 54.1 Å². The molecule has 2 heterocycles. The Hall–Kier alpha value is -2.60. The van der Waals surface area contributed by atoms with Crippen LogP contribution in [0.5, 0.6) is 0 Å². The number of nitrogens with zero attached hydrogens (tertiary/aromatic N) is 3. The molecule has 6 heteroatoms. The standard InChI is InChI=1S/C20H22N4OS/c1-23(14-15-8-2-4-10-17(15)24-12-6-7-13-24)20(25)22-19-21-16-9-3-5-11-18(16)26-19/h2-5,8-11H,6-7,12-14H2,1H3,(H,21,22,25). The average Bonchev–Trinajstić information content (AvgIpc) is 3.31. The van der Waals surface area contributed by atoms with Gasteiger partial charge in [-0.05, 0) is 36.6 Å². The molecule has 2 amide bonds. The van der Waals surface area contributed by atoms with E-state index >= 15 is 0 Å². The van der Waals surface area contributed by atoms with Crippen LogP contribution in [0, 0.1) is 0 Å². The van der Waals surface area contributed by atoms with E-state index in [0.717, 1.165) is 23.3 Å². The van der Waals surface area contributed by atoms with Crippen LogP contribution in [0.1, 0.15) is 18.4 Å². The third kappa shape index (κ3) is 3.51. The van der Waals surface area contributed by atoms with Gasteiger partial charge in [0.15, 0.2) is 5.13 Å². The maximum absolute atomic E-state index is 12.6. The van der Waals surface area contributed by atoms with Crippen LogP contribution in [0.2, 0.25) is 0 Å². The van der Waals surface area contributed by atoms with Gasteiger partial charge in [0.05, 0.1) is 10.2 Å². The van der Waals surface area contributed by atoms with E-state index in [1.165, 1.54) is 35.4 Å². The van der Waals surface area contributed by atoms with Crippen molar-refractivity contribution in [3.63, 3.8) is 0 Å². The molecule has 1 aliphatic heterocycles. The number of amides is 2. The van der Waals surface area contributed by atoms with Gasteiger partial charge in [0, 0.05) is 32.4 Å². The number of hydrogen-bond donors (Lipinski definition) is 1. The monoisotopic (exact) mass is 366 g/mol. The van der Waals surface area contributed by atoms with E-state index in [-0.39, 0.29) is 6.03 Å². The number of nitrogens with one attached hydrogen (secondary N) is 1. The Labute approximate surface area is 157 Å². The minimum Gasteiger partial charge on any atom is -0.371 e. The highest BCUT2D eigenvalue weighted by Crippen LogP contribution is 2.27. The number of urea groups is 1. The van der Waals surface area contributed by atoms with Gasteiger partial charge in [-0.2, -0.15) is 0 Å². The molecule has 1 saturated heterocycles. The molecule has 134 valence electrons. The van der Waals surface area contributed by atoms with Crippen molar-refractivity contribution in [2.45, 2.75) is 19.4 Å². The van der Waals surface area contributed by atoms with Crippen molar-refractivity contribution >= 4 is 38.4 Å². The van der Waals surface area contributed by atoms with Gasteiger partial charge < -0.3 is 9.80 Å². The van der Waals surface area contributed by atoms with Crippen molar-refractivity contribution in [2.75, 3.05) is 30.4 Å². The maximum Gasteiger partial charge on any atom is 0.323 e. The number of anilines is 2. The summed E-state index contributed by atoms with van der Waals surface area (Å²) in [6.07, 6.45) is 2.48. The van der Waals surface area contributed by atoms with E-state index in [2.05, 4.69) is 33.4 Å². The highest BCUT2D eigenvalue weighted by molar-refractivity contribution is 7.22. The zero-order valence-corrected chi connectivity index (χ0v) is 15.6. The topological polar surface area (TPSA) is 48.5 Å². The molecule has 0 aliphatic carbocycles. The average molecular weight is 366 g/mol. The van der Waals surface area contributed by atoms with Crippen molar-refractivity contribution in [1.29, 1.82) is 0 Å². The molecule has 3 aromatic rings. The lowest BCUT2D eigenvalue weighted by Crippen LogP contribution is -2.31. The second-order valence-electron chi connectivity index (χ2n) is 6.60. The van der Waals surface area contributed by atoms with E-state index in [1.54, 1.807) is 4.90 Å². The van der Waals surface area contributed by atoms with Crippen LogP contribution in [0.3, 0.4) is 0 Å². The molecule has 0 radical (unpaired) electrons. The van der Waals surface area contributed by atoms with E-state index in [9.17, 15) is 4.79 Å². The zero-order chi connectivity index (χ0) is 17.9. The predicted octanol–water partition coefficient (Wildman–Crippen LogP) is 4.56.